The van der Waals surface area contributed by atoms with Gasteiger partial charge in [0.05, 0.1) is 0 Å². The predicted octanol–water partition coefficient (Wildman–Crippen LogP) is 6.42. The number of unbranched alkanes of at least 4 members (excludes halogenated alkanes) is 12. The van der Waals surface area contributed by atoms with Crippen molar-refractivity contribution in [2.75, 3.05) is 0 Å². The van der Waals surface area contributed by atoms with Crippen molar-refractivity contribution in [1.82, 2.24) is 0 Å². The molecule has 25 heavy (non-hydrogen) atoms. The molecule has 5 heteroatoms. The van der Waals surface area contributed by atoms with Crippen molar-refractivity contribution in [2.45, 2.75) is 117 Å². The standard InChI is InChI=1S/2C10H20O2.Pt/c2*1-2-3-4-5-6-7-8-9-10(11)12;/h2*2-9H2,1H3,(H,11,12);. The van der Waals surface area contributed by atoms with E-state index in [1.165, 1.54) is 64.2 Å². The van der Waals surface area contributed by atoms with E-state index in [2.05, 4.69) is 13.8 Å². The molecule has 0 unspecified atom stereocenters. The van der Waals surface area contributed by atoms with Gasteiger partial charge >= 0.3 is 11.9 Å². The molecule has 154 valence electrons. The molecule has 0 aliphatic rings. The minimum atomic E-state index is -0.663. The first kappa shape index (κ1) is 29.4. The van der Waals surface area contributed by atoms with Crippen LogP contribution in [0.2, 0.25) is 0 Å². The second kappa shape index (κ2) is 25.9. The van der Waals surface area contributed by atoms with Crippen LogP contribution < -0.4 is 0 Å². The molecular weight excluding hydrogens is 499 g/mol. The molecule has 2 N–H and O–H groups in total. The zero-order valence-electron chi connectivity index (χ0n) is 16.3. The van der Waals surface area contributed by atoms with Crippen molar-refractivity contribution < 1.29 is 40.9 Å². The smallest absolute Gasteiger partial charge is 0.303 e. The van der Waals surface area contributed by atoms with E-state index in [4.69, 9.17) is 10.2 Å². The Labute approximate surface area is 169 Å². The van der Waals surface area contributed by atoms with E-state index in [1.54, 1.807) is 0 Å². The second-order valence-corrected chi connectivity index (χ2v) is 6.53. The Morgan fingerprint density at radius 1 is 0.520 bits per heavy atom. The third-order valence-electron chi connectivity index (χ3n) is 3.99. The predicted molar refractivity (Wildman–Crippen MR) is 100 cm³/mol. The molecule has 0 saturated carbocycles. The van der Waals surface area contributed by atoms with Crippen LogP contribution in [0, 0.1) is 0 Å². The Hall–Kier alpha value is -0.372. The van der Waals surface area contributed by atoms with E-state index in [0.717, 1.165) is 25.7 Å². The van der Waals surface area contributed by atoms with Crippen LogP contribution in [0.15, 0.2) is 0 Å². The zero-order chi connectivity index (χ0) is 18.5. The van der Waals surface area contributed by atoms with Gasteiger partial charge in [-0.1, -0.05) is 90.9 Å². The van der Waals surface area contributed by atoms with Crippen molar-refractivity contribution in [1.29, 1.82) is 0 Å². The second-order valence-electron chi connectivity index (χ2n) is 6.53. The molecule has 0 fully saturated rings. The minimum Gasteiger partial charge on any atom is -0.481 e. The van der Waals surface area contributed by atoms with Gasteiger partial charge in [0.25, 0.3) is 0 Å². The van der Waals surface area contributed by atoms with Crippen LogP contribution >= 0.6 is 0 Å². The Morgan fingerprint density at radius 3 is 1.00 bits per heavy atom. The summed E-state index contributed by atoms with van der Waals surface area (Å²) >= 11 is 0. The third-order valence-corrected chi connectivity index (χ3v) is 3.99. The maximum Gasteiger partial charge on any atom is 0.303 e. The molecule has 0 bridgehead atoms. The summed E-state index contributed by atoms with van der Waals surface area (Å²) in [6.45, 7) is 4.40. The molecule has 0 atom stereocenters. The topological polar surface area (TPSA) is 74.6 Å². The SMILES string of the molecule is CCCCCCCCCC(=O)O.CCCCCCCCCC(=O)O.[Pt]. The molecule has 0 saturated heterocycles. The average Bonchev–Trinajstić information content (AvgIpc) is 2.53. The molecule has 0 spiro atoms. The number of carboxylic acids is 2. The molecule has 0 aromatic heterocycles. The monoisotopic (exact) mass is 539 g/mol. The van der Waals surface area contributed by atoms with E-state index in [0.29, 0.717) is 12.8 Å². The van der Waals surface area contributed by atoms with Gasteiger partial charge in [0.1, 0.15) is 0 Å². The zero-order valence-corrected chi connectivity index (χ0v) is 18.6. The van der Waals surface area contributed by atoms with Crippen LogP contribution in [0.5, 0.6) is 0 Å². The summed E-state index contributed by atoms with van der Waals surface area (Å²) in [5, 5.41) is 16.7. The molecule has 0 rings (SSSR count). The first-order valence-electron chi connectivity index (χ1n) is 9.98. The Kier molecular flexibility index (Phi) is 30.4. The summed E-state index contributed by atoms with van der Waals surface area (Å²) in [6, 6.07) is 0. The Bertz CT molecular complexity index is 255. The maximum atomic E-state index is 10.1. The summed E-state index contributed by atoms with van der Waals surface area (Å²) in [4.78, 5) is 20.3. The summed E-state index contributed by atoms with van der Waals surface area (Å²) in [5.74, 6) is -1.33. The molecule has 0 radical (unpaired) electrons. The summed E-state index contributed by atoms with van der Waals surface area (Å²) in [5.41, 5.74) is 0. The fourth-order valence-electron chi connectivity index (χ4n) is 2.47. The molecular formula is C20H40O4Pt. The van der Waals surface area contributed by atoms with Crippen molar-refractivity contribution in [3.8, 4) is 0 Å². The van der Waals surface area contributed by atoms with Gasteiger partial charge in [-0.3, -0.25) is 9.59 Å². The summed E-state index contributed by atoms with van der Waals surface area (Å²) < 4.78 is 0. The molecule has 0 aliphatic carbocycles. The van der Waals surface area contributed by atoms with E-state index < -0.39 is 11.9 Å². The summed E-state index contributed by atoms with van der Waals surface area (Å²) in [7, 11) is 0. The van der Waals surface area contributed by atoms with Crippen LogP contribution in [-0.2, 0) is 30.7 Å². The van der Waals surface area contributed by atoms with Gasteiger partial charge in [0, 0.05) is 33.9 Å². The normalized spacial score (nSPS) is 9.68. The van der Waals surface area contributed by atoms with Crippen LogP contribution in [0.3, 0.4) is 0 Å². The van der Waals surface area contributed by atoms with Crippen LogP contribution in [-0.4, -0.2) is 22.2 Å². The molecule has 4 nitrogen and oxygen atoms in total. The molecule has 0 aliphatic heterocycles. The van der Waals surface area contributed by atoms with Crippen molar-refractivity contribution in [2.24, 2.45) is 0 Å². The van der Waals surface area contributed by atoms with Crippen molar-refractivity contribution in [3.05, 3.63) is 0 Å². The minimum absolute atomic E-state index is 0. The fraction of sp³-hybridized carbons (Fsp3) is 0.900. The van der Waals surface area contributed by atoms with Gasteiger partial charge in [0.15, 0.2) is 0 Å². The third kappa shape index (κ3) is 35.6. The van der Waals surface area contributed by atoms with E-state index in [-0.39, 0.29) is 21.1 Å². The van der Waals surface area contributed by atoms with Crippen LogP contribution in [0.1, 0.15) is 117 Å². The van der Waals surface area contributed by atoms with Crippen LogP contribution in [0.25, 0.3) is 0 Å². The Morgan fingerprint density at radius 2 is 0.760 bits per heavy atom. The largest absolute Gasteiger partial charge is 0.481 e. The fourth-order valence-corrected chi connectivity index (χ4v) is 2.47. The number of carbonyl (C=O) groups is 2. The maximum absolute atomic E-state index is 10.1. The number of hydrogen-bond donors (Lipinski definition) is 2. The molecule has 0 aromatic rings. The van der Waals surface area contributed by atoms with Gasteiger partial charge < -0.3 is 10.2 Å². The molecule has 0 heterocycles. The van der Waals surface area contributed by atoms with Gasteiger partial charge in [-0.25, -0.2) is 0 Å². The van der Waals surface area contributed by atoms with Gasteiger partial charge in [0.2, 0.25) is 0 Å². The number of rotatable bonds is 16. The number of carboxylic acid groups (broad SMARTS) is 2. The molecule has 0 aromatic carbocycles. The van der Waals surface area contributed by atoms with Gasteiger partial charge in [-0.05, 0) is 12.8 Å². The average molecular weight is 540 g/mol. The van der Waals surface area contributed by atoms with Crippen molar-refractivity contribution >= 4 is 11.9 Å². The van der Waals surface area contributed by atoms with E-state index in [9.17, 15) is 9.59 Å². The van der Waals surface area contributed by atoms with Gasteiger partial charge in [-0.2, -0.15) is 0 Å². The molecule has 0 amide bonds. The van der Waals surface area contributed by atoms with E-state index in [1.807, 2.05) is 0 Å². The number of hydrogen-bond acceptors (Lipinski definition) is 2. The first-order chi connectivity index (χ1) is 11.5. The van der Waals surface area contributed by atoms with Crippen molar-refractivity contribution in [3.63, 3.8) is 0 Å². The summed E-state index contributed by atoms with van der Waals surface area (Å²) in [6.07, 6.45) is 17.3. The van der Waals surface area contributed by atoms with Crippen LogP contribution in [0.4, 0.5) is 0 Å². The van der Waals surface area contributed by atoms with Gasteiger partial charge in [-0.15, -0.1) is 0 Å². The first-order valence-corrected chi connectivity index (χ1v) is 9.98. The Balaban J connectivity index is -0.000000372. The quantitative estimate of drug-likeness (QED) is 0.222. The van der Waals surface area contributed by atoms with E-state index >= 15 is 0 Å². The number of aliphatic carboxylic acids is 2.